The molecule has 4 nitrogen and oxygen atoms in total. The van der Waals surface area contributed by atoms with Crippen LogP contribution in [0.4, 0.5) is 0 Å². The summed E-state index contributed by atoms with van der Waals surface area (Å²) in [6.07, 6.45) is 1.48. The van der Waals surface area contributed by atoms with Crippen molar-refractivity contribution in [1.29, 1.82) is 0 Å². The summed E-state index contributed by atoms with van der Waals surface area (Å²) in [6, 6.07) is 0. The molecule has 0 aromatic heterocycles. The molecule has 86 valence electrons. The molecule has 1 rings (SSSR count). The van der Waals surface area contributed by atoms with Crippen LogP contribution < -0.4 is 0 Å². The minimum Gasteiger partial charge on any atom is -0.465 e. The fourth-order valence-electron chi connectivity index (χ4n) is 1.39. The van der Waals surface area contributed by atoms with E-state index in [-0.39, 0.29) is 22.3 Å². The van der Waals surface area contributed by atoms with E-state index in [2.05, 4.69) is 0 Å². The van der Waals surface area contributed by atoms with Crippen LogP contribution in [0.15, 0.2) is 0 Å². The van der Waals surface area contributed by atoms with E-state index in [4.69, 9.17) is 9.47 Å². The number of hydrogen-bond acceptors (Lipinski definition) is 4. The third-order valence-electron chi connectivity index (χ3n) is 2.37. The standard InChI is InChI=1S/C10H15IO4/c1-3-7(11)9(13)15-10(2)4-5-14-8(12)6-10/h7H,3-6H2,1-2H3. The van der Waals surface area contributed by atoms with Gasteiger partial charge in [0.2, 0.25) is 0 Å². The van der Waals surface area contributed by atoms with Crippen LogP contribution in [0.5, 0.6) is 0 Å². The molecule has 1 saturated heterocycles. The van der Waals surface area contributed by atoms with Gasteiger partial charge in [-0.05, 0) is 13.3 Å². The molecule has 1 heterocycles. The highest BCUT2D eigenvalue weighted by molar-refractivity contribution is 14.1. The minimum atomic E-state index is -0.676. The molecule has 0 spiro atoms. The van der Waals surface area contributed by atoms with E-state index in [1.54, 1.807) is 6.92 Å². The lowest BCUT2D eigenvalue weighted by Crippen LogP contribution is -2.41. The Morgan fingerprint density at radius 3 is 2.93 bits per heavy atom. The topological polar surface area (TPSA) is 52.6 Å². The van der Waals surface area contributed by atoms with E-state index in [9.17, 15) is 9.59 Å². The first-order chi connectivity index (χ1) is 6.97. The second-order valence-corrected chi connectivity index (χ2v) is 5.40. The van der Waals surface area contributed by atoms with Crippen molar-refractivity contribution in [1.82, 2.24) is 0 Å². The lowest BCUT2D eigenvalue weighted by atomic mass is 9.96. The molecule has 0 radical (unpaired) electrons. The van der Waals surface area contributed by atoms with Gasteiger partial charge in [0.15, 0.2) is 0 Å². The summed E-state index contributed by atoms with van der Waals surface area (Å²) in [6.45, 7) is 4.04. The Labute approximate surface area is 103 Å². The van der Waals surface area contributed by atoms with Crippen molar-refractivity contribution < 1.29 is 19.1 Å². The van der Waals surface area contributed by atoms with Crippen LogP contribution in [0.25, 0.3) is 0 Å². The molecular weight excluding hydrogens is 311 g/mol. The number of carbonyl (C=O) groups is 2. The highest BCUT2D eigenvalue weighted by atomic mass is 127. The predicted octanol–water partition coefficient (Wildman–Crippen LogP) is 1.84. The Hall–Kier alpha value is -0.330. The molecule has 1 aliphatic heterocycles. The Balaban J connectivity index is 2.55. The maximum absolute atomic E-state index is 11.6. The van der Waals surface area contributed by atoms with Gasteiger partial charge >= 0.3 is 11.9 Å². The van der Waals surface area contributed by atoms with E-state index in [0.717, 1.165) is 6.42 Å². The molecule has 5 heteroatoms. The van der Waals surface area contributed by atoms with Gasteiger partial charge in [-0.1, -0.05) is 29.5 Å². The van der Waals surface area contributed by atoms with Crippen molar-refractivity contribution in [3.05, 3.63) is 0 Å². The lowest BCUT2D eigenvalue weighted by Gasteiger charge is -2.32. The summed E-state index contributed by atoms with van der Waals surface area (Å²) < 4.78 is 10.0. The van der Waals surface area contributed by atoms with Gasteiger partial charge in [-0.25, -0.2) is 0 Å². The molecule has 0 amide bonds. The molecule has 0 bridgehead atoms. The maximum atomic E-state index is 11.6. The van der Waals surface area contributed by atoms with Crippen molar-refractivity contribution in [2.45, 2.75) is 42.6 Å². The second-order valence-electron chi connectivity index (χ2n) is 3.89. The summed E-state index contributed by atoms with van der Waals surface area (Å²) in [5.74, 6) is -0.534. The summed E-state index contributed by atoms with van der Waals surface area (Å²) in [7, 11) is 0. The highest BCUT2D eigenvalue weighted by Gasteiger charge is 2.37. The van der Waals surface area contributed by atoms with Crippen LogP contribution >= 0.6 is 22.6 Å². The summed E-state index contributed by atoms with van der Waals surface area (Å²) in [4.78, 5) is 22.7. The van der Waals surface area contributed by atoms with Crippen molar-refractivity contribution in [2.75, 3.05) is 6.61 Å². The van der Waals surface area contributed by atoms with E-state index in [0.29, 0.717) is 13.0 Å². The Morgan fingerprint density at radius 2 is 2.40 bits per heavy atom. The first-order valence-corrected chi connectivity index (χ1v) is 6.24. The first kappa shape index (κ1) is 12.7. The lowest BCUT2D eigenvalue weighted by molar-refractivity contribution is -0.174. The number of rotatable bonds is 3. The molecule has 0 aromatic carbocycles. The Kier molecular flexibility index (Phi) is 4.36. The van der Waals surface area contributed by atoms with Crippen LogP contribution in [-0.2, 0) is 19.1 Å². The first-order valence-electron chi connectivity index (χ1n) is 4.99. The average Bonchev–Trinajstić information content (AvgIpc) is 2.15. The molecule has 2 unspecified atom stereocenters. The SMILES string of the molecule is CCC(I)C(=O)OC1(C)CCOC(=O)C1. The molecule has 0 aromatic rings. The fourth-order valence-corrected chi connectivity index (χ4v) is 1.51. The number of esters is 2. The third-order valence-corrected chi connectivity index (χ3v) is 3.76. The highest BCUT2D eigenvalue weighted by Crippen LogP contribution is 2.26. The van der Waals surface area contributed by atoms with Gasteiger partial charge in [-0.3, -0.25) is 9.59 Å². The van der Waals surface area contributed by atoms with E-state index < -0.39 is 5.60 Å². The monoisotopic (exact) mass is 326 g/mol. The fraction of sp³-hybridized carbons (Fsp3) is 0.800. The third kappa shape index (κ3) is 3.62. The van der Waals surface area contributed by atoms with Crippen LogP contribution in [0, 0.1) is 0 Å². The average molecular weight is 326 g/mol. The van der Waals surface area contributed by atoms with Crippen molar-refractivity contribution in [2.24, 2.45) is 0 Å². The molecule has 0 N–H and O–H groups in total. The van der Waals surface area contributed by atoms with Crippen LogP contribution in [0.2, 0.25) is 0 Å². The predicted molar refractivity (Wildman–Crippen MR) is 62.8 cm³/mol. The molecule has 15 heavy (non-hydrogen) atoms. The zero-order valence-corrected chi connectivity index (χ0v) is 11.1. The van der Waals surface area contributed by atoms with Crippen LogP contribution in [0.3, 0.4) is 0 Å². The molecule has 0 aliphatic carbocycles. The van der Waals surface area contributed by atoms with E-state index in [1.807, 2.05) is 29.5 Å². The zero-order chi connectivity index (χ0) is 11.5. The summed E-state index contributed by atoms with van der Waals surface area (Å²) >= 11 is 2.05. The van der Waals surface area contributed by atoms with Crippen LogP contribution in [0.1, 0.15) is 33.1 Å². The van der Waals surface area contributed by atoms with Gasteiger partial charge < -0.3 is 9.47 Å². The van der Waals surface area contributed by atoms with Crippen LogP contribution in [-0.4, -0.2) is 28.1 Å². The largest absolute Gasteiger partial charge is 0.465 e. The van der Waals surface area contributed by atoms with Gasteiger partial charge in [0, 0.05) is 6.42 Å². The van der Waals surface area contributed by atoms with Gasteiger partial charge in [-0.15, -0.1) is 0 Å². The van der Waals surface area contributed by atoms with Gasteiger partial charge in [0.1, 0.15) is 9.53 Å². The number of cyclic esters (lactones) is 1. The molecule has 1 fully saturated rings. The molecule has 2 atom stereocenters. The van der Waals surface area contributed by atoms with Gasteiger partial charge in [-0.2, -0.15) is 0 Å². The zero-order valence-electron chi connectivity index (χ0n) is 8.92. The Morgan fingerprint density at radius 1 is 1.73 bits per heavy atom. The number of alkyl halides is 1. The number of carbonyl (C=O) groups excluding carboxylic acids is 2. The second kappa shape index (κ2) is 5.14. The maximum Gasteiger partial charge on any atom is 0.319 e. The molecule has 1 aliphatic rings. The Bertz CT molecular complexity index is 266. The van der Waals surface area contributed by atoms with Gasteiger partial charge in [0.25, 0.3) is 0 Å². The van der Waals surface area contributed by atoms with Gasteiger partial charge in [0.05, 0.1) is 13.0 Å². The molecular formula is C10H15IO4. The van der Waals surface area contributed by atoms with Crippen molar-refractivity contribution in [3.63, 3.8) is 0 Å². The van der Waals surface area contributed by atoms with E-state index >= 15 is 0 Å². The van der Waals surface area contributed by atoms with Crippen molar-refractivity contribution in [3.8, 4) is 0 Å². The number of halogens is 1. The number of ether oxygens (including phenoxy) is 2. The van der Waals surface area contributed by atoms with E-state index in [1.165, 1.54) is 0 Å². The summed E-state index contributed by atoms with van der Waals surface area (Å²) in [5.41, 5.74) is -0.676. The number of hydrogen-bond donors (Lipinski definition) is 0. The van der Waals surface area contributed by atoms with Crippen molar-refractivity contribution >= 4 is 34.5 Å². The minimum absolute atomic E-state index is 0.141. The normalized spacial score (nSPS) is 28.1. The smallest absolute Gasteiger partial charge is 0.319 e. The quantitative estimate of drug-likeness (QED) is 0.451. The molecule has 0 saturated carbocycles. The summed E-state index contributed by atoms with van der Waals surface area (Å²) in [5, 5.41) is 0.